The zero-order chi connectivity index (χ0) is 12.5. The molecule has 2 N–H and O–H groups in total. The number of aromatic nitrogens is 1. The van der Waals surface area contributed by atoms with Gasteiger partial charge in [-0.3, -0.25) is 0 Å². The fourth-order valence-corrected chi connectivity index (χ4v) is 1.26. The van der Waals surface area contributed by atoms with Crippen molar-refractivity contribution < 1.29 is 9.53 Å². The molecule has 0 aliphatic heterocycles. The zero-order valence-electron chi connectivity index (χ0n) is 10.4. The van der Waals surface area contributed by atoms with Crippen LogP contribution in [0.25, 0.3) is 0 Å². The number of rotatable bonds is 1. The van der Waals surface area contributed by atoms with Gasteiger partial charge in [0.15, 0.2) is 5.69 Å². The molecular formula is C12H18N2O2. The standard InChI is InChI=1S/C12H18N2O2/c1-7-6-9(13)8(2)14-10(7)11(15)16-12(3,4)5/h6H,13H2,1-5H3. The van der Waals surface area contributed by atoms with Crippen molar-refractivity contribution >= 4 is 11.7 Å². The Labute approximate surface area is 95.8 Å². The highest BCUT2D eigenvalue weighted by molar-refractivity contribution is 5.89. The molecule has 88 valence electrons. The fourth-order valence-electron chi connectivity index (χ4n) is 1.26. The predicted molar refractivity (Wildman–Crippen MR) is 63.3 cm³/mol. The SMILES string of the molecule is Cc1cc(N)c(C)nc1C(=O)OC(C)(C)C. The van der Waals surface area contributed by atoms with E-state index in [1.165, 1.54) is 0 Å². The first-order chi connectivity index (χ1) is 7.20. The van der Waals surface area contributed by atoms with Gasteiger partial charge in [0.05, 0.1) is 11.4 Å². The average molecular weight is 222 g/mol. The van der Waals surface area contributed by atoms with E-state index in [1.54, 1.807) is 19.9 Å². The number of nitrogens with two attached hydrogens (primary N) is 1. The quantitative estimate of drug-likeness (QED) is 0.740. The van der Waals surface area contributed by atoms with Crippen LogP contribution in [-0.2, 0) is 4.74 Å². The molecule has 0 spiro atoms. The lowest BCUT2D eigenvalue weighted by atomic mass is 10.1. The molecule has 1 rings (SSSR count). The number of hydrogen-bond acceptors (Lipinski definition) is 4. The van der Waals surface area contributed by atoms with Gasteiger partial charge >= 0.3 is 5.97 Å². The summed E-state index contributed by atoms with van der Waals surface area (Å²) in [6.07, 6.45) is 0. The minimum absolute atomic E-state index is 0.335. The fraction of sp³-hybridized carbons (Fsp3) is 0.500. The van der Waals surface area contributed by atoms with Crippen LogP contribution in [0, 0.1) is 13.8 Å². The van der Waals surface area contributed by atoms with Gasteiger partial charge in [0, 0.05) is 0 Å². The van der Waals surface area contributed by atoms with Crippen LogP contribution in [0.1, 0.15) is 42.5 Å². The molecule has 0 aliphatic carbocycles. The van der Waals surface area contributed by atoms with E-state index < -0.39 is 11.6 Å². The summed E-state index contributed by atoms with van der Waals surface area (Å²) in [6, 6.07) is 1.74. The molecule has 1 heterocycles. The molecule has 0 saturated heterocycles. The summed E-state index contributed by atoms with van der Waals surface area (Å²) in [5.41, 5.74) is 7.49. The highest BCUT2D eigenvalue weighted by atomic mass is 16.6. The molecule has 0 atom stereocenters. The number of ether oxygens (including phenoxy) is 1. The van der Waals surface area contributed by atoms with E-state index in [1.807, 2.05) is 20.8 Å². The Kier molecular flexibility index (Phi) is 3.21. The van der Waals surface area contributed by atoms with Crippen molar-refractivity contribution in [3.8, 4) is 0 Å². The van der Waals surface area contributed by atoms with Crippen LogP contribution >= 0.6 is 0 Å². The maximum Gasteiger partial charge on any atom is 0.357 e. The Morgan fingerprint density at radius 1 is 1.38 bits per heavy atom. The van der Waals surface area contributed by atoms with E-state index >= 15 is 0 Å². The largest absolute Gasteiger partial charge is 0.455 e. The molecule has 4 heteroatoms. The molecule has 0 aromatic carbocycles. The van der Waals surface area contributed by atoms with Gasteiger partial charge in [-0.1, -0.05) is 0 Å². The first-order valence-corrected chi connectivity index (χ1v) is 5.18. The highest BCUT2D eigenvalue weighted by Crippen LogP contribution is 2.17. The summed E-state index contributed by atoms with van der Waals surface area (Å²) in [5, 5.41) is 0. The van der Waals surface area contributed by atoms with E-state index in [0.717, 1.165) is 5.56 Å². The second-order valence-corrected chi connectivity index (χ2v) is 4.83. The van der Waals surface area contributed by atoms with Gasteiger partial charge in [0.2, 0.25) is 0 Å². The first kappa shape index (κ1) is 12.5. The summed E-state index contributed by atoms with van der Waals surface area (Å²) >= 11 is 0. The van der Waals surface area contributed by atoms with Gasteiger partial charge in [-0.15, -0.1) is 0 Å². The lowest BCUT2D eigenvalue weighted by Crippen LogP contribution is -2.25. The molecule has 16 heavy (non-hydrogen) atoms. The van der Waals surface area contributed by atoms with Crippen LogP contribution in [0.5, 0.6) is 0 Å². The number of nitrogen functional groups attached to an aromatic ring is 1. The van der Waals surface area contributed by atoms with Crippen LogP contribution in [0.3, 0.4) is 0 Å². The van der Waals surface area contributed by atoms with Gasteiger partial charge in [0.1, 0.15) is 5.60 Å². The third-order valence-electron chi connectivity index (χ3n) is 2.04. The maximum atomic E-state index is 11.8. The Morgan fingerprint density at radius 3 is 2.44 bits per heavy atom. The molecule has 4 nitrogen and oxygen atoms in total. The molecule has 1 aromatic heterocycles. The van der Waals surface area contributed by atoms with Crippen LogP contribution in [0.15, 0.2) is 6.07 Å². The van der Waals surface area contributed by atoms with Crippen molar-refractivity contribution in [1.82, 2.24) is 4.98 Å². The number of carbonyl (C=O) groups excluding carboxylic acids is 1. The molecule has 0 radical (unpaired) electrons. The van der Waals surface area contributed by atoms with E-state index in [4.69, 9.17) is 10.5 Å². The summed E-state index contributed by atoms with van der Waals surface area (Å²) in [7, 11) is 0. The molecule has 0 aliphatic rings. The number of pyridine rings is 1. The van der Waals surface area contributed by atoms with Crippen molar-refractivity contribution in [2.75, 3.05) is 5.73 Å². The van der Waals surface area contributed by atoms with Gasteiger partial charge in [-0.2, -0.15) is 0 Å². The molecular weight excluding hydrogens is 204 g/mol. The molecule has 1 aromatic rings. The molecule has 0 amide bonds. The average Bonchev–Trinajstić information content (AvgIpc) is 2.08. The number of aryl methyl sites for hydroxylation is 2. The zero-order valence-corrected chi connectivity index (χ0v) is 10.4. The normalized spacial score (nSPS) is 11.3. The molecule has 0 fully saturated rings. The van der Waals surface area contributed by atoms with Gasteiger partial charge in [-0.05, 0) is 46.2 Å². The van der Waals surface area contributed by atoms with Crippen LogP contribution in [0.4, 0.5) is 5.69 Å². The Morgan fingerprint density at radius 2 is 1.94 bits per heavy atom. The third-order valence-corrected chi connectivity index (χ3v) is 2.04. The first-order valence-electron chi connectivity index (χ1n) is 5.18. The summed E-state index contributed by atoms with van der Waals surface area (Å²) in [5.74, 6) is -0.409. The van der Waals surface area contributed by atoms with E-state index in [2.05, 4.69) is 4.98 Å². The Balaban J connectivity index is 3.05. The monoisotopic (exact) mass is 222 g/mol. The Bertz CT molecular complexity index is 420. The smallest absolute Gasteiger partial charge is 0.357 e. The predicted octanol–water partition coefficient (Wildman–Crippen LogP) is 2.24. The maximum absolute atomic E-state index is 11.8. The van der Waals surface area contributed by atoms with Crippen molar-refractivity contribution in [2.45, 2.75) is 40.2 Å². The van der Waals surface area contributed by atoms with Gasteiger partial charge in [-0.25, -0.2) is 9.78 Å². The van der Waals surface area contributed by atoms with E-state index in [-0.39, 0.29) is 0 Å². The number of nitrogens with zero attached hydrogens (tertiary/aromatic N) is 1. The minimum atomic E-state index is -0.513. The summed E-state index contributed by atoms with van der Waals surface area (Å²) < 4.78 is 5.26. The number of anilines is 1. The second kappa shape index (κ2) is 4.12. The summed E-state index contributed by atoms with van der Waals surface area (Å²) in [4.78, 5) is 16.0. The molecule has 0 bridgehead atoms. The minimum Gasteiger partial charge on any atom is -0.455 e. The van der Waals surface area contributed by atoms with Crippen molar-refractivity contribution in [3.05, 3.63) is 23.0 Å². The molecule has 0 saturated carbocycles. The topological polar surface area (TPSA) is 65.2 Å². The second-order valence-electron chi connectivity index (χ2n) is 4.83. The molecule has 0 unspecified atom stereocenters. The number of esters is 1. The van der Waals surface area contributed by atoms with Crippen molar-refractivity contribution in [1.29, 1.82) is 0 Å². The lowest BCUT2D eigenvalue weighted by Gasteiger charge is -2.20. The van der Waals surface area contributed by atoms with Crippen LogP contribution in [-0.4, -0.2) is 16.6 Å². The number of hydrogen-bond donors (Lipinski definition) is 1. The lowest BCUT2D eigenvalue weighted by molar-refractivity contribution is 0.00618. The van der Waals surface area contributed by atoms with Gasteiger partial charge < -0.3 is 10.5 Å². The third kappa shape index (κ3) is 2.95. The van der Waals surface area contributed by atoms with E-state index in [0.29, 0.717) is 17.1 Å². The van der Waals surface area contributed by atoms with E-state index in [9.17, 15) is 4.79 Å². The number of carbonyl (C=O) groups is 1. The van der Waals surface area contributed by atoms with Crippen LogP contribution < -0.4 is 5.73 Å². The highest BCUT2D eigenvalue weighted by Gasteiger charge is 2.21. The van der Waals surface area contributed by atoms with Crippen LogP contribution in [0.2, 0.25) is 0 Å². The van der Waals surface area contributed by atoms with Crippen molar-refractivity contribution in [2.24, 2.45) is 0 Å². The Hall–Kier alpha value is -1.58. The van der Waals surface area contributed by atoms with Crippen molar-refractivity contribution in [3.63, 3.8) is 0 Å². The summed E-state index contributed by atoms with van der Waals surface area (Å²) in [6.45, 7) is 9.03. The van der Waals surface area contributed by atoms with Gasteiger partial charge in [0.25, 0.3) is 0 Å².